The number of benzene rings is 1. The van der Waals surface area contributed by atoms with E-state index in [1.54, 1.807) is 32.3 Å². The number of ether oxygens (including phenoxy) is 3. The number of nitrogens with one attached hydrogen (secondary N) is 1. The zero-order valence-electron chi connectivity index (χ0n) is 12.0. The molecule has 0 radical (unpaired) electrons. The van der Waals surface area contributed by atoms with E-state index in [0.717, 1.165) is 0 Å². The summed E-state index contributed by atoms with van der Waals surface area (Å²) in [6.07, 6.45) is 2.08. The number of rotatable bonds is 3. The van der Waals surface area contributed by atoms with Gasteiger partial charge in [-0.2, -0.15) is 0 Å². The van der Waals surface area contributed by atoms with Crippen LogP contribution >= 0.6 is 0 Å². The molecule has 2 rings (SSSR count). The first kappa shape index (κ1) is 14.7. The molecule has 0 aromatic heterocycles. The Morgan fingerprint density at radius 2 is 1.90 bits per heavy atom. The van der Waals surface area contributed by atoms with Gasteiger partial charge in [0.1, 0.15) is 12.5 Å². The van der Waals surface area contributed by atoms with Gasteiger partial charge in [-0.25, -0.2) is 9.59 Å². The van der Waals surface area contributed by atoms with Crippen molar-refractivity contribution in [3.05, 3.63) is 41.9 Å². The number of hydrogen-bond donors (Lipinski definition) is 1. The first-order valence-corrected chi connectivity index (χ1v) is 6.19. The third-order valence-corrected chi connectivity index (χ3v) is 2.83. The summed E-state index contributed by atoms with van der Waals surface area (Å²) in [5, 5.41) is 2.72. The van der Waals surface area contributed by atoms with Gasteiger partial charge < -0.3 is 24.4 Å². The number of nitrogens with zero attached hydrogens (tertiary/aromatic N) is 1. The molecule has 7 heteroatoms. The van der Waals surface area contributed by atoms with E-state index in [4.69, 9.17) is 9.47 Å². The van der Waals surface area contributed by atoms with Gasteiger partial charge in [-0.3, -0.25) is 0 Å². The Kier molecular flexibility index (Phi) is 4.32. The minimum atomic E-state index is -0.716. The van der Waals surface area contributed by atoms with Gasteiger partial charge in [-0.15, -0.1) is 0 Å². The maximum absolute atomic E-state index is 11.8. The summed E-state index contributed by atoms with van der Waals surface area (Å²) in [6.45, 7) is 0. The maximum atomic E-state index is 11.8. The molecule has 1 N–H and O–H groups in total. The van der Waals surface area contributed by atoms with Gasteiger partial charge in [0.2, 0.25) is 0 Å². The summed E-state index contributed by atoms with van der Waals surface area (Å²) in [6, 6.07) is 4.43. The third kappa shape index (κ3) is 3.25. The third-order valence-electron chi connectivity index (χ3n) is 2.83. The molecule has 0 atom stereocenters. The van der Waals surface area contributed by atoms with Gasteiger partial charge >= 0.3 is 12.0 Å². The highest BCUT2D eigenvalue weighted by molar-refractivity contribution is 5.93. The average molecular weight is 292 g/mol. The highest BCUT2D eigenvalue weighted by Crippen LogP contribution is 2.31. The van der Waals surface area contributed by atoms with Gasteiger partial charge in [0.15, 0.2) is 0 Å². The molecule has 1 aliphatic rings. The van der Waals surface area contributed by atoms with Crippen molar-refractivity contribution in [1.82, 2.24) is 4.90 Å². The molecular formula is C14H16N2O5. The normalized spacial score (nSPS) is 13.3. The largest absolute Gasteiger partial charge is 0.465 e. The maximum Gasteiger partial charge on any atom is 0.337 e. The summed E-state index contributed by atoms with van der Waals surface area (Å²) in [4.78, 5) is 24.8. The van der Waals surface area contributed by atoms with E-state index in [1.165, 1.54) is 24.5 Å². The topological polar surface area (TPSA) is 77.1 Å². The molecule has 0 bridgehead atoms. The van der Waals surface area contributed by atoms with Crippen LogP contribution in [-0.4, -0.2) is 38.1 Å². The monoisotopic (exact) mass is 292 g/mol. The molecule has 2 amide bonds. The molecule has 0 aliphatic carbocycles. The number of anilines is 1. The second kappa shape index (κ2) is 6.17. The predicted molar refractivity (Wildman–Crippen MR) is 74.5 cm³/mol. The molecule has 112 valence electrons. The Morgan fingerprint density at radius 1 is 1.24 bits per heavy atom. The van der Waals surface area contributed by atoms with Crippen molar-refractivity contribution in [2.45, 2.75) is 6.29 Å². The number of methoxy groups -OCH3 is 1. The molecule has 0 spiro atoms. The Hall–Kier alpha value is -2.70. The van der Waals surface area contributed by atoms with E-state index in [-0.39, 0.29) is 6.03 Å². The molecule has 0 saturated heterocycles. The molecular weight excluding hydrogens is 276 g/mol. The van der Waals surface area contributed by atoms with Crippen molar-refractivity contribution in [2.75, 3.05) is 26.5 Å². The van der Waals surface area contributed by atoms with Crippen LogP contribution in [0.2, 0.25) is 0 Å². The van der Waals surface area contributed by atoms with Crippen LogP contribution in [0, 0.1) is 0 Å². The minimum Gasteiger partial charge on any atom is -0.465 e. The zero-order valence-corrected chi connectivity index (χ0v) is 12.0. The van der Waals surface area contributed by atoms with Crippen LogP contribution in [-0.2, 0) is 14.2 Å². The summed E-state index contributed by atoms with van der Waals surface area (Å²) in [5.74, 6) is -0.479. The molecule has 0 fully saturated rings. The van der Waals surface area contributed by atoms with E-state index in [1.807, 2.05) is 0 Å². The van der Waals surface area contributed by atoms with Gasteiger partial charge in [0, 0.05) is 14.1 Å². The fraction of sp³-hybridized carbons (Fsp3) is 0.286. The van der Waals surface area contributed by atoms with Crippen molar-refractivity contribution in [2.24, 2.45) is 0 Å². The lowest BCUT2D eigenvalue weighted by atomic mass is 10.1. The standard InChI is InChI=1S/C14H16N2O5/c1-16(2)14(18)15-11-5-4-9(12(17)19-3)8-10(11)13-20-6-7-21-13/h4-8,13H,1-3H3,(H,15,18). The van der Waals surface area contributed by atoms with Crippen LogP contribution < -0.4 is 5.32 Å². The lowest BCUT2D eigenvalue weighted by molar-refractivity contribution is -0.0240. The average Bonchev–Trinajstić information content (AvgIpc) is 3.00. The van der Waals surface area contributed by atoms with Gasteiger partial charge in [-0.05, 0) is 18.2 Å². The molecule has 1 aromatic rings. The summed E-state index contributed by atoms with van der Waals surface area (Å²) in [7, 11) is 4.55. The Labute approximate surface area is 122 Å². The molecule has 0 saturated carbocycles. The number of carbonyl (C=O) groups excluding carboxylic acids is 2. The first-order chi connectivity index (χ1) is 10.0. The van der Waals surface area contributed by atoms with Crippen LogP contribution in [0.3, 0.4) is 0 Å². The van der Waals surface area contributed by atoms with E-state index in [0.29, 0.717) is 16.8 Å². The van der Waals surface area contributed by atoms with Gasteiger partial charge in [0.05, 0.1) is 23.9 Å². The zero-order chi connectivity index (χ0) is 15.4. The number of esters is 1. The first-order valence-electron chi connectivity index (χ1n) is 6.19. The molecule has 0 unspecified atom stereocenters. The van der Waals surface area contributed by atoms with Crippen LogP contribution in [0.1, 0.15) is 22.2 Å². The fourth-order valence-corrected chi connectivity index (χ4v) is 1.73. The van der Waals surface area contributed by atoms with E-state index >= 15 is 0 Å². The fourth-order valence-electron chi connectivity index (χ4n) is 1.73. The van der Waals surface area contributed by atoms with E-state index in [9.17, 15) is 9.59 Å². The van der Waals surface area contributed by atoms with Gasteiger partial charge in [0.25, 0.3) is 6.29 Å². The van der Waals surface area contributed by atoms with Crippen LogP contribution in [0.4, 0.5) is 10.5 Å². The van der Waals surface area contributed by atoms with Crippen molar-refractivity contribution in [1.29, 1.82) is 0 Å². The van der Waals surface area contributed by atoms with Crippen molar-refractivity contribution in [3.8, 4) is 0 Å². The highest BCUT2D eigenvalue weighted by atomic mass is 16.7. The van der Waals surface area contributed by atoms with Crippen molar-refractivity contribution >= 4 is 17.7 Å². The molecule has 7 nitrogen and oxygen atoms in total. The Bertz CT molecular complexity index is 575. The Balaban J connectivity index is 2.34. The highest BCUT2D eigenvalue weighted by Gasteiger charge is 2.23. The molecule has 21 heavy (non-hydrogen) atoms. The molecule has 1 aliphatic heterocycles. The van der Waals surface area contributed by atoms with Crippen LogP contribution in [0.25, 0.3) is 0 Å². The number of hydrogen-bond acceptors (Lipinski definition) is 5. The summed E-state index contributed by atoms with van der Waals surface area (Å²) < 4.78 is 15.2. The lowest BCUT2D eigenvalue weighted by Crippen LogP contribution is -2.28. The minimum absolute atomic E-state index is 0.298. The Morgan fingerprint density at radius 3 is 2.48 bits per heavy atom. The number of urea groups is 1. The SMILES string of the molecule is COC(=O)c1ccc(NC(=O)N(C)C)c(C2OC=CO2)c1. The lowest BCUT2D eigenvalue weighted by Gasteiger charge is -2.18. The van der Waals surface area contributed by atoms with Crippen LogP contribution in [0.5, 0.6) is 0 Å². The second-order valence-electron chi connectivity index (χ2n) is 4.49. The van der Waals surface area contributed by atoms with E-state index < -0.39 is 12.3 Å². The number of carbonyl (C=O) groups is 2. The second-order valence-corrected chi connectivity index (χ2v) is 4.49. The predicted octanol–water partition coefficient (Wildman–Crippen LogP) is 2.08. The van der Waals surface area contributed by atoms with Crippen LogP contribution in [0.15, 0.2) is 30.7 Å². The number of amides is 2. The smallest absolute Gasteiger partial charge is 0.337 e. The van der Waals surface area contributed by atoms with Crippen molar-refractivity contribution in [3.63, 3.8) is 0 Å². The summed E-state index contributed by atoms with van der Waals surface area (Å²) >= 11 is 0. The quantitative estimate of drug-likeness (QED) is 0.863. The molecule has 1 heterocycles. The van der Waals surface area contributed by atoms with Crippen molar-refractivity contribution < 1.29 is 23.8 Å². The van der Waals surface area contributed by atoms with E-state index in [2.05, 4.69) is 10.1 Å². The molecule has 1 aromatic carbocycles. The summed E-state index contributed by atoms with van der Waals surface area (Å²) in [5.41, 5.74) is 1.36. The van der Waals surface area contributed by atoms with Gasteiger partial charge in [-0.1, -0.05) is 0 Å².